The number of rotatable bonds is 3. The fourth-order valence-electron chi connectivity index (χ4n) is 3.26. The zero-order valence-electron chi connectivity index (χ0n) is 12.3. The highest BCUT2D eigenvalue weighted by Gasteiger charge is 2.47. The second-order valence-electron chi connectivity index (χ2n) is 5.57. The number of para-hydroxylation sites is 2. The van der Waals surface area contributed by atoms with E-state index in [0.29, 0.717) is 25.2 Å². The minimum absolute atomic E-state index is 0.566. The van der Waals surface area contributed by atoms with Crippen LogP contribution < -0.4 is 4.90 Å². The molecule has 3 rings (SSSR count). The Morgan fingerprint density at radius 1 is 1.33 bits per heavy atom. The molecule has 2 heterocycles. The van der Waals surface area contributed by atoms with E-state index >= 15 is 0 Å². The number of carbonyl (C=O) groups is 1. The van der Waals surface area contributed by atoms with Crippen LogP contribution in [0.1, 0.15) is 31.9 Å². The SMILES string of the molecule is CCC1(C(=O)O)CCCN1c1nc2ccccc2nc1C. The largest absolute Gasteiger partial charge is 0.479 e. The van der Waals surface area contributed by atoms with Gasteiger partial charge in [-0.05, 0) is 38.3 Å². The molecule has 1 saturated heterocycles. The Kier molecular flexibility index (Phi) is 3.27. The first-order chi connectivity index (χ1) is 10.1. The summed E-state index contributed by atoms with van der Waals surface area (Å²) >= 11 is 0. The molecule has 2 aromatic rings. The molecule has 5 heteroatoms. The second kappa shape index (κ2) is 4.98. The van der Waals surface area contributed by atoms with Crippen molar-refractivity contribution in [1.29, 1.82) is 0 Å². The molecular weight excluding hydrogens is 266 g/mol. The van der Waals surface area contributed by atoms with Crippen molar-refractivity contribution in [1.82, 2.24) is 9.97 Å². The van der Waals surface area contributed by atoms with Gasteiger partial charge in [0.2, 0.25) is 0 Å². The van der Waals surface area contributed by atoms with Gasteiger partial charge in [0.05, 0.1) is 16.7 Å². The molecule has 1 unspecified atom stereocenters. The first kappa shape index (κ1) is 13.8. The smallest absolute Gasteiger partial charge is 0.329 e. The van der Waals surface area contributed by atoms with E-state index in [4.69, 9.17) is 0 Å². The van der Waals surface area contributed by atoms with Crippen LogP contribution in [0.5, 0.6) is 0 Å². The lowest BCUT2D eigenvalue weighted by Crippen LogP contribution is -2.51. The van der Waals surface area contributed by atoms with E-state index in [1.807, 2.05) is 43.0 Å². The number of aliphatic carboxylic acids is 1. The number of hydrogen-bond donors (Lipinski definition) is 1. The zero-order valence-corrected chi connectivity index (χ0v) is 12.3. The van der Waals surface area contributed by atoms with Crippen molar-refractivity contribution in [2.45, 2.75) is 38.6 Å². The minimum Gasteiger partial charge on any atom is -0.479 e. The summed E-state index contributed by atoms with van der Waals surface area (Å²) < 4.78 is 0. The van der Waals surface area contributed by atoms with Gasteiger partial charge in [-0.2, -0.15) is 0 Å². The summed E-state index contributed by atoms with van der Waals surface area (Å²) in [5.74, 6) is -0.0627. The Labute approximate surface area is 123 Å². The number of aromatic nitrogens is 2. The number of nitrogens with zero attached hydrogens (tertiary/aromatic N) is 3. The van der Waals surface area contributed by atoms with Gasteiger partial charge in [-0.15, -0.1) is 0 Å². The second-order valence-corrected chi connectivity index (χ2v) is 5.57. The zero-order chi connectivity index (χ0) is 15.0. The maximum atomic E-state index is 11.8. The summed E-state index contributed by atoms with van der Waals surface area (Å²) in [5.41, 5.74) is 1.59. The molecule has 0 spiro atoms. The number of carboxylic acid groups (broad SMARTS) is 1. The Bertz CT molecular complexity index is 701. The van der Waals surface area contributed by atoms with Crippen LogP contribution in [0.15, 0.2) is 24.3 Å². The number of aryl methyl sites for hydroxylation is 1. The van der Waals surface area contributed by atoms with Crippen molar-refractivity contribution in [3.63, 3.8) is 0 Å². The number of hydrogen-bond acceptors (Lipinski definition) is 4. The lowest BCUT2D eigenvalue weighted by molar-refractivity contribution is -0.143. The van der Waals surface area contributed by atoms with Crippen molar-refractivity contribution >= 4 is 22.8 Å². The van der Waals surface area contributed by atoms with E-state index in [1.54, 1.807) is 0 Å². The number of fused-ring (bicyclic) bond motifs is 1. The molecule has 1 aliphatic rings. The number of anilines is 1. The molecule has 0 amide bonds. The predicted molar refractivity (Wildman–Crippen MR) is 81.5 cm³/mol. The Balaban J connectivity index is 2.15. The van der Waals surface area contributed by atoms with Gasteiger partial charge in [-0.1, -0.05) is 19.1 Å². The van der Waals surface area contributed by atoms with Gasteiger partial charge in [0.1, 0.15) is 5.54 Å². The van der Waals surface area contributed by atoms with Crippen LogP contribution in [-0.4, -0.2) is 33.1 Å². The first-order valence-electron chi connectivity index (χ1n) is 7.33. The summed E-state index contributed by atoms with van der Waals surface area (Å²) in [4.78, 5) is 23.0. The number of carboxylic acids is 1. The highest BCUT2D eigenvalue weighted by molar-refractivity contribution is 5.85. The monoisotopic (exact) mass is 285 g/mol. The van der Waals surface area contributed by atoms with Gasteiger partial charge >= 0.3 is 5.97 Å². The molecule has 1 aromatic heterocycles. The van der Waals surface area contributed by atoms with E-state index in [1.165, 1.54) is 0 Å². The fraction of sp³-hybridized carbons (Fsp3) is 0.438. The van der Waals surface area contributed by atoms with E-state index in [2.05, 4.69) is 9.97 Å². The third-order valence-corrected chi connectivity index (χ3v) is 4.45. The van der Waals surface area contributed by atoms with Crippen LogP contribution in [0.4, 0.5) is 5.82 Å². The normalized spacial score (nSPS) is 21.9. The van der Waals surface area contributed by atoms with Gasteiger partial charge < -0.3 is 10.0 Å². The highest BCUT2D eigenvalue weighted by atomic mass is 16.4. The van der Waals surface area contributed by atoms with E-state index < -0.39 is 11.5 Å². The third kappa shape index (κ3) is 2.04. The molecule has 1 fully saturated rings. The molecule has 1 atom stereocenters. The van der Waals surface area contributed by atoms with Gasteiger partial charge in [0, 0.05) is 6.54 Å². The molecule has 1 aliphatic heterocycles. The Hall–Kier alpha value is -2.17. The molecule has 1 N–H and O–H groups in total. The van der Waals surface area contributed by atoms with Crippen LogP contribution in [0.25, 0.3) is 11.0 Å². The molecule has 0 saturated carbocycles. The third-order valence-electron chi connectivity index (χ3n) is 4.45. The number of benzene rings is 1. The Morgan fingerprint density at radius 3 is 2.62 bits per heavy atom. The average molecular weight is 285 g/mol. The summed E-state index contributed by atoms with van der Waals surface area (Å²) in [6, 6.07) is 7.69. The average Bonchev–Trinajstić information content (AvgIpc) is 2.91. The van der Waals surface area contributed by atoms with Crippen LogP contribution in [0, 0.1) is 6.92 Å². The standard InChI is InChI=1S/C16H19N3O2/c1-3-16(15(20)21)9-6-10-19(16)14-11(2)17-12-7-4-5-8-13(12)18-14/h4-5,7-8H,3,6,9-10H2,1-2H3,(H,20,21). The lowest BCUT2D eigenvalue weighted by atomic mass is 9.93. The van der Waals surface area contributed by atoms with Gasteiger partial charge in [-0.3, -0.25) is 0 Å². The summed E-state index contributed by atoms with van der Waals surface area (Å²) in [7, 11) is 0. The summed E-state index contributed by atoms with van der Waals surface area (Å²) in [6.45, 7) is 4.54. The van der Waals surface area contributed by atoms with Crippen molar-refractivity contribution in [3.05, 3.63) is 30.0 Å². The molecule has 1 aromatic carbocycles. The molecule has 0 aliphatic carbocycles. The lowest BCUT2D eigenvalue weighted by Gasteiger charge is -2.35. The predicted octanol–water partition coefficient (Wildman–Crippen LogP) is 2.77. The molecule has 5 nitrogen and oxygen atoms in total. The minimum atomic E-state index is -0.845. The van der Waals surface area contributed by atoms with Crippen molar-refractivity contribution in [2.24, 2.45) is 0 Å². The van der Waals surface area contributed by atoms with E-state index in [9.17, 15) is 9.90 Å². The van der Waals surface area contributed by atoms with Crippen molar-refractivity contribution in [2.75, 3.05) is 11.4 Å². The summed E-state index contributed by atoms with van der Waals surface area (Å²) in [5, 5.41) is 9.71. The van der Waals surface area contributed by atoms with E-state index in [-0.39, 0.29) is 0 Å². The maximum absolute atomic E-state index is 11.8. The van der Waals surface area contributed by atoms with Crippen LogP contribution in [-0.2, 0) is 4.79 Å². The molecule has 0 bridgehead atoms. The van der Waals surface area contributed by atoms with Crippen LogP contribution in [0.3, 0.4) is 0 Å². The fourth-order valence-corrected chi connectivity index (χ4v) is 3.26. The topological polar surface area (TPSA) is 66.3 Å². The van der Waals surface area contributed by atoms with Gasteiger partial charge in [-0.25, -0.2) is 14.8 Å². The van der Waals surface area contributed by atoms with Crippen LogP contribution in [0.2, 0.25) is 0 Å². The van der Waals surface area contributed by atoms with Crippen molar-refractivity contribution < 1.29 is 9.90 Å². The Morgan fingerprint density at radius 2 is 2.00 bits per heavy atom. The van der Waals surface area contributed by atoms with Gasteiger partial charge in [0.25, 0.3) is 0 Å². The molecule has 0 radical (unpaired) electrons. The quantitative estimate of drug-likeness (QED) is 0.939. The maximum Gasteiger partial charge on any atom is 0.329 e. The van der Waals surface area contributed by atoms with Gasteiger partial charge in [0.15, 0.2) is 5.82 Å². The van der Waals surface area contributed by atoms with Crippen LogP contribution >= 0.6 is 0 Å². The first-order valence-corrected chi connectivity index (χ1v) is 7.33. The van der Waals surface area contributed by atoms with E-state index in [0.717, 1.165) is 23.1 Å². The molecule has 21 heavy (non-hydrogen) atoms. The molecule has 110 valence electrons. The van der Waals surface area contributed by atoms with Crippen molar-refractivity contribution in [3.8, 4) is 0 Å². The highest BCUT2D eigenvalue weighted by Crippen LogP contribution is 2.37. The summed E-state index contributed by atoms with van der Waals surface area (Å²) in [6.07, 6.45) is 2.09. The molecular formula is C16H19N3O2.